The molecule has 0 fully saturated rings. The third kappa shape index (κ3) is 2.93. The number of hydrogen-bond donors (Lipinski definition) is 1. The maximum absolute atomic E-state index is 10.9. The molecule has 1 aromatic carbocycles. The van der Waals surface area contributed by atoms with Crippen molar-refractivity contribution in [3.8, 4) is 17.1 Å². The Labute approximate surface area is 110 Å². The highest BCUT2D eigenvalue weighted by Crippen LogP contribution is 2.28. The van der Waals surface area contributed by atoms with Crippen LogP contribution in [0.15, 0.2) is 28.8 Å². The molecule has 0 unspecified atom stereocenters. The number of nitrogens with zero attached hydrogens (tertiary/aromatic N) is 1. The number of aryl methyl sites for hydroxylation is 1. The van der Waals surface area contributed by atoms with Crippen LogP contribution in [0.1, 0.15) is 18.2 Å². The molecule has 5 heteroatoms. The summed E-state index contributed by atoms with van der Waals surface area (Å²) in [6.07, 6.45) is -0.0993. The number of rotatable bonds is 5. The molecule has 0 bridgehead atoms. The van der Waals surface area contributed by atoms with Gasteiger partial charge in [0, 0.05) is 11.1 Å². The Hall–Kier alpha value is -2.30. The molecule has 5 nitrogen and oxygen atoms in total. The maximum atomic E-state index is 10.9. The van der Waals surface area contributed by atoms with Crippen molar-refractivity contribution < 1.29 is 19.2 Å². The van der Waals surface area contributed by atoms with Crippen LogP contribution in [0.25, 0.3) is 11.3 Å². The maximum Gasteiger partial charge on any atom is 0.308 e. The van der Waals surface area contributed by atoms with Crippen LogP contribution in [0.4, 0.5) is 0 Å². The van der Waals surface area contributed by atoms with Crippen LogP contribution < -0.4 is 4.74 Å². The highest BCUT2D eigenvalue weighted by molar-refractivity contribution is 5.75. The topological polar surface area (TPSA) is 72.6 Å². The fraction of sp³-hybridized carbons (Fsp3) is 0.286. The zero-order valence-electron chi connectivity index (χ0n) is 10.8. The molecule has 0 aliphatic carbocycles. The van der Waals surface area contributed by atoms with Crippen LogP contribution in [-0.4, -0.2) is 22.8 Å². The van der Waals surface area contributed by atoms with Gasteiger partial charge in [-0.05, 0) is 38.1 Å². The Balaban J connectivity index is 2.33. The summed E-state index contributed by atoms with van der Waals surface area (Å²) in [6, 6.07) is 7.30. The minimum atomic E-state index is -0.904. The van der Waals surface area contributed by atoms with E-state index < -0.39 is 5.97 Å². The quantitative estimate of drug-likeness (QED) is 0.895. The number of aliphatic carboxylic acids is 1. The van der Waals surface area contributed by atoms with Gasteiger partial charge in [0.15, 0.2) is 5.76 Å². The Morgan fingerprint density at radius 2 is 2.05 bits per heavy atom. The molecule has 0 radical (unpaired) electrons. The smallest absolute Gasteiger partial charge is 0.308 e. The molecular weight excluding hydrogens is 246 g/mol. The lowest BCUT2D eigenvalue weighted by Gasteiger charge is -2.04. The predicted molar refractivity (Wildman–Crippen MR) is 69.2 cm³/mol. The molecule has 1 N–H and O–H groups in total. The highest BCUT2D eigenvalue weighted by Gasteiger charge is 2.17. The monoisotopic (exact) mass is 261 g/mol. The first-order valence-electron chi connectivity index (χ1n) is 6.02. The van der Waals surface area contributed by atoms with E-state index >= 15 is 0 Å². The van der Waals surface area contributed by atoms with Crippen molar-refractivity contribution in [3.63, 3.8) is 0 Å². The Morgan fingerprint density at radius 1 is 1.37 bits per heavy atom. The fourth-order valence-electron chi connectivity index (χ4n) is 1.84. The van der Waals surface area contributed by atoms with Crippen LogP contribution in [0.5, 0.6) is 5.75 Å². The SMILES string of the molecule is CCOc1ccc(-c2onc(C)c2CC(=O)O)cc1. The molecule has 0 saturated carbocycles. The van der Waals surface area contributed by atoms with E-state index in [-0.39, 0.29) is 6.42 Å². The summed E-state index contributed by atoms with van der Waals surface area (Å²) in [7, 11) is 0. The van der Waals surface area contributed by atoms with Crippen molar-refractivity contribution in [1.29, 1.82) is 0 Å². The summed E-state index contributed by atoms with van der Waals surface area (Å²) < 4.78 is 10.6. The van der Waals surface area contributed by atoms with E-state index in [4.69, 9.17) is 14.4 Å². The summed E-state index contributed by atoms with van der Waals surface area (Å²) in [5.41, 5.74) is 2.00. The molecule has 0 aliphatic heterocycles. The van der Waals surface area contributed by atoms with Gasteiger partial charge in [-0.15, -0.1) is 0 Å². The lowest BCUT2D eigenvalue weighted by molar-refractivity contribution is -0.136. The van der Waals surface area contributed by atoms with Crippen molar-refractivity contribution in [1.82, 2.24) is 5.16 Å². The first kappa shape index (κ1) is 13.1. The molecule has 0 spiro atoms. The number of carboxylic acid groups (broad SMARTS) is 1. The van der Waals surface area contributed by atoms with Gasteiger partial charge in [-0.3, -0.25) is 4.79 Å². The van der Waals surface area contributed by atoms with E-state index in [1.54, 1.807) is 6.92 Å². The fourth-order valence-corrected chi connectivity index (χ4v) is 1.84. The van der Waals surface area contributed by atoms with Crippen molar-refractivity contribution in [2.45, 2.75) is 20.3 Å². The molecule has 1 heterocycles. The van der Waals surface area contributed by atoms with Crippen molar-refractivity contribution in [3.05, 3.63) is 35.5 Å². The standard InChI is InChI=1S/C14H15NO4/c1-3-18-11-6-4-10(5-7-11)14-12(8-13(16)17)9(2)15-19-14/h4-7H,3,8H2,1-2H3,(H,16,17). The molecule has 1 aromatic heterocycles. The number of carbonyl (C=O) groups is 1. The predicted octanol–water partition coefficient (Wildman–Crippen LogP) is 2.68. The van der Waals surface area contributed by atoms with E-state index in [0.717, 1.165) is 11.3 Å². The van der Waals surface area contributed by atoms with Gasteiger partial charge in [-0.25, -0.2) is 0 Å². The lowest BCUT2D eigenvalue weighted by atomic mass is 10.0. The van der Waals surface area contributed by atoms with E-state index in [9.17, 15) is 4.79 Å². The van der Waals surface area contributed by atoms with Gasteiger partial charge in [0.2, 0.25) is 0 Å². The summed E-state index contributed by atoms with van der Waals surface area (Å²) >= 11 is 0. The van der Waals surface area contributed by atoms with Gasteiger partial charge < -0.3 is 14.4 Å². The zero-order valence-corrected chi connectivity index (χ0v) is 10.8. The molecule has 2 rings (SSSR count). The number of carboxylic acids is 1. The van der Waals surface area contributed by atoms with Gasteiger partial charge in [0.05, 0.1) is 18.7 Å². The molecule has 2 aromatic rings. The molecule has 19 heavy (non-hydrogen) atoms. The van der Waals surface area contributed by atoms with Gasteiger partial charge in [0.1, 0.15) is 5.75 Å². The van der Waals surface area contributed by atoms with Gasteiger partial charge in [0.25, 0.3) is 0 Å². The van der Waals surface area contributed by atoms with Gasteiger partial charge in [-0.1, -0.05) is 5.16 Å². The van der Waals surface area contributed by atoms with Crippen LogP contribution in [0.3, 0.4) is 0 Å². The summed E-state index contributed by atoms with van der Waals surface area (Å²) in [6.45, 7) is 4.25. The first-order valence-corrected chi connectivity index (χ1v) is 6.02. The minimum absolute atomic E-state index is 0.0993. The third-order valence-electron chi connectivity index (χ3n) is 2.74. The van der Waals surface area contributed by atoms with E-state index in [1.807, 2.05) is 31.2 Å². The Bertz CT molecular complexity index is 572. The summed E-state index contributed by atoms with van der Waals surface area (Å²) in [5.74, 6) is 0.365. The van der Waals surface area contributed by atoms with E-state index in [0.29, 0.717) is 23.6 Å². The number of hydrogen-bond acceptors (Lipinski definition) is 4. The third-order valence-corrected chi connectivity index (χ3v) is 2.74. The van der Waals surface area contributed by atoms with Gasteiger partial charge in [-0.2, -0.15) is 0 Å². The average molecular weight is 261 g/mol. The lowest BCUT2D eigenvalue weighted by Crippen LogP contribution is -2.01. The average Bonchev–Trinajstić information content (AvgIpc) is 2.72. The van der Waals surface area contributed by atoms with E-state index in [2.05, 4.69) is 5.16 Å². The van der Waals surface area contributed by atoms with Crippen LogP contribution in [-0.2, 0) is 11.2 Å². The van der Waals surface area contributed by atoms with Crippen LogP contribution in [0.2, 0.25) is 0 Å². The first-order chi connectivity index (χ1) is 9.11. The number of aromatic nitrogens is 1. The van der Waals surface area contributed by atoms with Crippen molar-refractivity contribution in [2.75, 3.05) is 6.61 Å². The second kappa shape index (κ2) is 5.56. The van der Waals surface area contributed by atoms with Crippen LogP contribution in [0, 0.1) is 6.92 Å². The second-order valence-corrected chi connectivity index (χ2v) is 4.10. The number of ether oxygens (including phenoxy) is 1. The van der Waals surface area contributed by atoms with Gasteiger partial charge >= 0.3 is 5.97 Å². The Kier molecular flexibility index (Phi) is 3.85. The zero-order chi connectivity index (χ0) is 13.8. The molecule has 0 atom stereocenters. The summed E-state index contributed by atoms with van der Waals surface area (Å²) in [4.78, 5) is 10.9. The Morgan fingerprint density at radius 3 is 2.63 bits per heavy atom. The highest BCUT2D eigenvalue weighted by atomic mass is 16.5. The van der Waals surface area contributed by atoms with Crippen LogP contribution >= 0.6 is 0 Å². The molecule has 100 valence electrons. The normalized spacial score (nSPS) is 10.4. The van der Waals surface area contributed by atoms with Crippen molar-refractivity contribution >= 4 is 5.97 Å². The molecular formula is C14H15NO4. The molecule has 0 amide bonds. The molecule has 0 saturated heterocycles. The largest absolute Gasteiger partial charge is 0.494 e. The minimum Gasteiger partial charge on any atom is -0.494 e. The second-order valence-electron chi connectivity index (χ2n) is 4.10. The molecule has 0 aliphatic rings. The summed E-state index contributed by atoms with van der Waals surface area (Å²) in [5, 5.41) is 12.7. The number of benzene rings is 1. The van der Waals surface area contributed by atoms with E-state index in [1.165, 1.54) is 0 Å². The van der Waals surface area contributed by atoms with Crippen molar-refractivity contribution in [2.24, 2.45) is 0 Å².